The number of nitrogens with zero attached hydrogens (tertiary/aromatic N) is 1. The van der Waals surface area contributed by atoms with Crippen molar-refractivity contribution in [2.24, 2.45) is 5.73 Å². The van der Waals surface area contributed by atoms with Crippen LogP contribution in [0.25, 0.3) is 0 Å². The van der Waals surface area contributed by atoms with Gasteiger partial charge in [-0.15, -0.1) is 0 Å². The highest BCUT2D eigenvalue weighted by molar-refractivity contribution is 7.90. The molecule has 0 bridgehead atoms. The molecule has 0 amide bonds. The van der Waals surface area contributed by atoms with Gasteiger partial charge in [0.15, 0.2) is 0 Å². The molecule has 120 valence electrons. The highest BCUT2D eigenvalue weighted by Gasteiger charge is 2.20. The zero-order valence-electron chi connectivity index (χ0n) is 13.0. The summed E-state index contributed by atoms with van der Waals surface area (Å²) >= 11 is 0. The third-order valence-corrected chi connectivity index (χ3v) is 4.29. The van der Waals surface area contributed by atoms with Gasteiger partial charge in [-0.3, -0.25) is 4.90 Å². The maximum atomic E-state index is 11.3. The van der Waals surface area contributed by atoms with E-state index in [1.807, 2.05) is 24.1 Å². The Labute approximate surface area is 126 Å². The third-order valence-electron chi connectivity index (χ3n) is 3.37. The number of hydrogen-bond donors (Lipinski definition) is 1. The fraction of sp³-hybridized carbons (Fsp3) is 0.571. The van der Waals surface area contributed by atoms with Gasteiger partial charge in [0.2, 0.25) is 0 Å². The first kappa shape index (κ1) is 17.7. The van der Waals surface area contributed by atoms with Crippen molar-refractivity contribution < 1.29 is 17.9 Å². The van der Waals surface area contributed by atoms with Gasteiger partial charge >= 0.3 is 0 Å². The average molecular weight is 316 g/mol. The van der Waals surface area contributed by atoms with Gasteiger partial charge < -0.3 is 15.2 Å². The molecular weight excluding hydrogens is 292 g/mol. The summed E-state index contributed by atoms with van der Waals surface area (Å²) in [5, 5.41) is 0. The molecule has 0 saturated carbocycles. The zero-order chi connectivity index (χ0) is 16.0. The normalized spacial score (nSPS) is 13.2. The van der Waals surface area contributed by atoms with E-state index in [9.17, 15) is 8.42 Å². The number of nitrogens with two attached hydrogens (primary N) is 1. The largest absolute Gasteiger partial charge is 0.497 e. The summed E-state index contributed by atoms with van der Waals surface area (Å²) in [5.74, 6) is 1.47. The molecule has 0 aliphatic rings. The van der Waals surface area contributed by atoms with E-state index in [0.717, 1.165) is 5.56 Å². The average Bonchev–Trinajstić information content (AvgIpc) is 2.45. The molecule has 0 aromatic heterocycles. The molecule has 7 heteroatoms. The monoisotopic (exact) mass is 316 g/mol. The number of sulfone groups is 1. The van der Waals surface area contributed by atoms with Crippen LogP contribution in [0, 0.1) is 0 Å². The molecule has 1 unspecified atom stereocenters. The van der Waals surface area contributed by atoms with E-state index in [4.69, 9.17) is 15.2 Å². The lowest BCUT2D eigenvalue weighted by Gasteiger charge is -2.28. The van der Waals surface area contributed by atoms with Crippen LogP contribution in [0.1, 0.15) is 11.6 Å². The van der Waals surface area contributed by atoms with Crippen LogP contribution in [-0.4, -0.2) is 59.7 Å². The van der Waals surface area contributed by atoms with Crippen molar-refractivity contribution in [3.8, 4) is 11.5 Å². The van der Waals surface area contributed by atoms with Crippen molar-refractivity contribution >= 4 is 9.84 Å². The van der Waals surface area contributed by atoms with Gasteiger partial charge in [-0.05, 0) is 13.1 Å². The Morgan fingerprint density at radius 2 is 1.95 bits per heavy atom. The van der Waals surface area contributed by atoms with Crippen LogP contribution < -0.4 is 15.2 Å². The van der Waals surface area contributed by atoms with Gasteiger partial charge in [-0.25, -0.2) is 8.42 Å². The predicted octanol–water partition coefficient (Wildman–Crippen LogP) is 0.680. The van der Waals surface area contributed by atoms with Crippen LogP contribution in [0.2, 0.25) is 0 Å². The second kappa shape index (κ2) is 7.63. The summed E-state index contributed by atoms with van der Waals surface area (Å²) < 4.78 is 33.1. The molecular formula is C14H24N2O4S. The maximum Gasteiger partial charge on any atom is 0.148 e. The molecule has 1 aromatic rings. The van der Waals surface area contributed by atoms with Crippen LogP contribution in [0.3, 0.4) is 0 Å². The van der Waals surface area contributed by atoms with Crippen LogP contribution in [0.15, 0.2) is 18.2 Å². The highest BCUT2D eigenvalue weighted by atomic mass is 32.2. The number of ether oxygens (including phenoxy) is 2. The molecule has 0 spiro atoms. The van der Waals surface area contributed by atoms with Gasteiger partial charge in [0.05, 0.1) is 26.0 Å². The van der Waals surface area contributed by atoms with E-state index >= 15 is 0 Å². The lowest BCUT2D eigenvalue weighted by atomic mass is 10.0. The Morgan fingerprint density at radius 3 is 2.43 bits per heavy atom. The summed E-state index contributed by atoms with van der Waals surface area (Å²) in [7, 11) is 2.03. The molecule has 1 atom stereocenters. The van der Waals surface area contributed by atoms with Crippen molar-refractivity contribution in [3.05, 3.63) is 23.8 Å². The van der Waals surface area contributed by atoms with Crippen molar-refractivity contribution in [3.63, 3.8) is 0 Å². The maximum absolute atomic E-state index is 11.3. The fourth-order valence-corrected chi connectivity index (χ4v) is 2.72. The lowest BCUT2D eigenvalue weighted by Crippen LogP contribution is -2.34. The SMILES string of the molecule is COc1ccc(C(CN)N(C)CCS(C)(=O)=O)c(OC)c1. The van der Waals surface area contributed by atoms with Crippen molar-refractivity contribution in [1.29, 1.82) is 0 Å². The Hall–Kier alpha value is -1.31. The smallest absolute Gasteiger partial charge is 0.148 e. The number of methoxy groups -OCH3 is 2. The molecule has 1 aromatic carbocycles. The van der Waals surface area contributed by atoms with E-state index in [-0.39, 0.29) is 11.8 Å². The van der Waals surface area contributed by atoms with Gasteiger partial charge in [0.25, 0.3) is 0 Å². The Balaban J connectivity index is 2.98. The number of benzene rings is 1. The highest BCUT2D eigenvalue weighted by Crippen LogP contribution is 2.31. The summed E-state index contributed by atoms with van der Waals surface area (Å²) in [6.07, 6.45) is 1.23. The topological polar surface area (TPSA) is 81.9 Å². The number of likely N-dealkylation sites (N-methyl/N-ethyl adjacent to an activating group) is 1. The molecule has 0 aliphatic heterocycles. The molecule has 0 aliphatic carbocycles. The van der Waals surface area contributed by atoms with Crippen molar-refractivity contribution in [2.45, 2.75) is 6.04 Å². The summed E-state index contributed by atoms with van der Waals surface area (Å²) in [5.41, 5.74) is 6.77. The Kier molecular flexibility index (Phi) is 6.44. The molecule has 1 rings (SSSR count). The van der Waals surface area contributed by atoms with Gasteiger partial charge in [-0.2, -0.15) is 0 Å². The first-order valence-corrected chi connectivity index (χ1v) is 8.68. The van der Waals surface area contributed by atoms with Crippen LogP contribution >= 0.6 is 0 Å². The third kappa shape index (κ3) is 5.18. The van der Waals surface area contributed by atoms with E-state index in [1.165, 1.54) is 6.26 Å². The van der Waals surface area contributed by atoms with E-state index in [2.05, 4.69) is 0 Å². The molecule has 6 nitrogen and oxygen atoms in total. The Morgan fingerprint density at radius 1 is 1.29 bits per heavy atom. The molecule has 0 radical (unpaired) electrons. The zero-order valence-corrected chi connectivity index (χ0v) is 13.8. The number of rotatable bonds is 8. The second-order valence-electron chi connectivity index (χ2n) is 4.97. The molecule has 21 heavy (non-hydrogen) atoms. The van der Waals surface area contributed by atoms with E-state index < -0.39 is 9.84 Å². The molecule has 2 N–H and O–H groups in total. The summed E-state index contributed by atoms with van der Waals surface area (Å²) in [6.45, 7) is 0.777. The van der Waals surface area contributed by atoms with Crippen LogP contribution in [0.4, 0.5) is 0 Å². The minimum Gasteiger partial charge on any atom is -0.497 e. The number of hydrogen-bond acceptors (Lipinski definition) is 6. The molecule has 0 fully saturated rings. The van der Waals surface area contributed by atoms with Crippen molar-refractivity contribution in [1.82, 2.24) is 4.90 Å². The minimum absolute atomic E-state index is 0.0957. The van der Waals surface area contributed by atoms with Crippen LogP contribution in [-0.2, 0) is 9.84 Å². The first-order chi connectivity index (χ1) is 9.82. The minimum atomic E-state index is -3.00. The van der Waals surface area contributed by atoms with Gasteiger partial charge in [-0.1, -0.05) is 6.07 Å². The van der Waals surface area contributed by atoms with Gasteiger partial charge in [0.1, 0.15) is 21.3 Å². The summed E-state index contributed by atoms with van der Waals surface area (Å²) in [6, 6.07) is 5.41. The fourth-order valence-electron chi connectivity index (χ4n) is 2.10. The molecule has 0 heterocycles. The standard InChI is InChI=1S/C14H24N2O4S/c1-16(7-8-21(4,17)18)13(10-15)12-6-5-11(19-2)9-14(12)20-3/h5-6,9,13H,7-8,10,15H2,1-4H3. The second-order valence-corrected chi connectivity index (χ2v) is 7.23. The first-order valence-electron chi connectivity index (χ1n) is 6.62. The van der Waals surface area contributed by atoms with Gasteiger partial charge in [0, 0.05) is 31.0 Å². The van der Waals surface area contributed by atoms with E-state index in [1.54, 1.807) is 20.3 Å². The quantitative estimate of drug-likeness (QED) is 0.759. The van der Waals surface area contributed by atoms with Crippen molar-refractivity contribution in [2.75, 3.05) is 46.4 Å². The van der Waals surface area contributed by atoms with E-state index in [0.29, 0.717) is 24.6 Å². The molecule has 0 saturated heterocycles. The Bertz CT molecular complexity index is 560. The predicted molar refractivity (Wildman–Crippen MR) is 83.7 cm³/mol. The lowest BCUT2D eigenvalue weighted by molar-refractivity contribution is 0.257. The van der Waals surface area contributed by atoms with Crippen LogP contribution in [0.5, 0.6) is 11.5 Å². The summed E-state index contributed by atoms with van der Waals surface area (Å²) in [4.78, 5) is 1.92.